The number of carboxylic acid groups (broad SMARTS) is 1. The maximum Gasteiger partial charge on any atom is 0.303 e. The van der Waals surface area contributed by atoms with Crippen molar-refractivity contribution >= 4 is 18.0 Å². The zero-order valence-electron chi connectivity index (χ0n) is 12.1. The topological polar surface area (TPSA) is 86.6 Å². The SMILES string of the molecule is CC(CCNC(=O)C=Cc1ccc(O)cc1)CCC(=O)O. The summed E-state index contributed by atoms with van der Waals surface area (Å²) in [6.07, 6.45) is 4.65. The van der Waals surface area contributed by atoms with Crippen LogP contribution in [0, 0.1) is 5.92 Å². The molecule has 5 nitrogen and oxygen atoms in total. The minimum Gasteiger partial charge on any atom is -0.508 e. The van der Waals surface area contributed by atoms with Crippen LogP contribution in [0.5, 0.6) is 5.75 Å². The summed E-state index contributed by atoms with van der Waals surface area (Å²) in [4.78, 5) is 22.0. The highest BCUT2D eigenvalue weighted by atomic mass is 16.4. The van der Waals surface area contributed by atoms with Crippen LogP contribution >= 0.6 is 0 Å². The predicted molar refractivity (Wildman–Crippen MR) is 80.8 cm³/mol. The van der Waals surface area contributed by atoms with Gasteiger partial charge < -0.3 is 15.5 Å². The second-order valence-corrected chi connectivity index (χ2v) is 5.04. The van der Waals surface area contributed by atoms with Crippen molar-refractivity contribution in [2.24, 2.45) is 5.92 Å². The maximum absolute atomic E-state index is 11.6. The number of carboxylic acids is 1. The summed E-state index contributed by atoms with van der Waals surface area (Å²) in [6.45, 7) is 2.50. The van der Waals surface area contributed by atoms with Crippen LogP contribution in [0.15, 0.2) is 30.3 Å². The number of phenolic OH excluding ortho intramolecular Hbond substituents is 1. The molecule has 0 saturated heterocycles. The van der Waals surface area contributed by atoms with Gasteiger partial charge in [0.1, 0.15) is 5.75 Å². The Labute approximate surface area is 124 Å². The Hall–Kier alpha value is -2.30. The van der Waals surface area contributed by atoms with Gasteiger partial charge in [0.05, 0.1) is 0 Å². The number of rotatable bonds is 8. The quantitative estimate of drug-likeness (QED) is 0.642. The lowest BCUT2D eigenvalue weighted by Crippen LogP contribution is -2.23. The van der Waals surface area contributed by atoms with Crippen LogP contribution in [0.1, 0.15) is 31.7 Å². The van der Waals surface area contributed by atoms with Crippen molar-refractivity contribution in [2.45, 2.75) is 26.2 Å². The smallest absolute Gasteiger partial charge is 0.303 e. The molecule has 114 valence electrons. The second-order valence-electron chi connectivity index (χ2n) is 5.04. The number of aliphatic carboxylic acids is 1. The Morgan fingerprint density at radius 1 is 1.24 bits per heavy atom. The normalized spacial score (nSPS) is 12.2. The molecule has 1 amide bonds. The molecular weight excluding hydrogens is 270 g/mol. The Morgan fingerprint density at radius 3 is 2.52 bits per heavy atom. The van der Waals surface area contributed by atoms with Crippen molar-refractivity contribution in [3.63, 3.8) is 0 Å². The van der Waals surface area contributed by atoms with E-state index >= 15 is 0 Å². The zero-order valence-corrected chi connectivity index (χ0v) is 12.1. The largest absolute Gasteiger partial charge is 0.508 e. The lowest BCUT2D eigenvalue weighted by Gasteiger charge is -2.09. The van der Waals surface area contributed by atoms with Crippen LogP contribution in [-0.4, -0.2) is 28.6 Å². The molecule has 0 fully saturated rings. The van der Waals surface area contributed by atoms with Crippen LogP contribution in [0.4, 0.5) is 0 Å². The van der Waals surface area contributed by atoms with Gasteiger partial charge in [-0.2, -0.15) is 0 Å². The summed E-state index contributed by atoms with van der Waals surface area (Å²) in [7, 11) is 0. The molecular formula is C16H21NO4. The van der Waals surface area contributed by atoms with E-state index in [-0.39, 0.29) is 24.0 Å². The van der Waals surface area contributed by atoms with E-state index in [1.807, 2.05) is 6.92 Å². The first-order valence-electron chi connectivity index (χ1n) is 6.94. The molecule has 0 aliphatic carbocycles. The standard InChI is InChI=1S/C16H21NO4/c1-12(2-9-16(20)21)10-11-17-15(19)8-5-13-3-6-14(18)7-4-13/h3-8,12,18H,2,9-11H2,1H3,(H,17,19)(H,20,21). The highest BCUT2D eigenvalue weighted by Crippen LogP contribution is 2.11. The van der Waals surface area contributed by atoms with Gasteiger partial charge in [0.2, 0.25) is 5.91 Å². The molecule has 5 heteroatoms. The highest BCUT2D eigenvalue weighted by molar-refractivity contribution is 5.91. The third kappa shape index (κ3) is 7.77. The molecule has 0 saturated carbocycles. The molecule has 0 bridgehead atoms. The van der Waals surface area contributed by atoms with E-state index in [1.165, 1.54) is 6.08 Å². The average Bonchev–Trinajstić information content (AvgIpc) is 2.44. The fourth-order valence-electron chi connectivity index (χ4n) is 1.77. The summed E-state index contributed by atoms with van der Waals surface area (Å²) >= 11 is 0. The number of amides is 1. The average molecular weight is 291 g/mol. The summed E-state index contributed by atoms with van der Waals surface area (Å²) < 4.78 is 0. The number of nitrogens with one attached hydrogen (secondary N) is 1. The third-order valence-corrected chi connectivity index (χ3v) is 3.11. The first-order valence-corrected chi connectivity index (χ1v) is 6.94. The van der Waals surface area contributed by atoms with E-state index in [9.17, 15) is 9.59 Å². The molecule has 0 aromatic heterocycles. The Kier molecular flexibility index (Phi) is 7.01. The first kappa shape index (κ1) is 16.8. The number of hydrogen-bond acceptors (Lipinski definition) is 3. The van der Waals surface area contributed by atoms with E-state index in [4.69, 9.17) is 10.2 Å². The van der Waals surface area contributed by atoms with Crippen molar-refractivity contribution in [2.75, 3.05) is 6.54 Å². The van der Waals surface area contributed by atoms with Crippen molar-refractivity contribution in [1.29, 1.82) is 0 Å². The van der Waals surface area contributed by atoms with Crippen LogP contribution < -0.4 is 5.32 Å². The predicted octanol–water partition coefficient (Wildman–Crippen LogP) is 2.41. The summed E-state index contributed by atoms with van der Waals surface area (Å²) in [5.74, 6) is -0.523. The molecule has 1 rings (SSSR count). The number of carbonyl (C=O) groups is 2. The Balaban J connectivity index is 2.24. The lowest BCUT2D eigenvalue weighted by atomic mass is 10.0. The zero-order chi connectivity index (χ0) is 15.7. The fourth-order valence-corrected chi connectivity index (χ4v) is 1.77. The number of benzene rings is 1. The number of hydrogen-bond donors (Lipinski definition) is 3. The molecule has 0 spiro atoms. The highest BCUT2D eigenvalue weighted by Gasteiger charge is 2.05. The van der Waals surface area contributed by atoms with E-state index in [0.29, 0.717) is 13.0 Å². The minimum atomic E-state index is -0.789. The summed E-state index contributed by atoms with van der Waals surface area (Å²) in [5.41, 5.74) is 0.831. The van der Waals surface area contributed by atoms with Gasteiger partial charge in [-0.3, -0.25) is 9.59 Å². The molecule has 1 aromatic rings. The van der Waals surface area contributed by atoms with Crippen LogP contribution in [0.25, 0.3) is 6.08 Å². The van der Waals surface area contributed by atoms with Gasteiger partial charge in [-0.05, 0) is 42.5 Å². The van der Waals surface area contributed by atoms with E-state index < -0.39 is 5.97 Å². The van der Waals surface area contributed by atoms with E-state index in [2.05, 4.69) is 5.32 Å². The van der Waals surface area contributed by atoms with Gasteiger partial charge in [-0.15, -0.1) is 0 Å². The molecule has 3 N–H and O–H groups in total. The number of carbonyl (C=O) groups excluding carboxylic acids is 1. The lowest BCUT2D eigenvalue weighted by molar-refractivity contribution is -0.137. The van der Waals surface area contributed by atoms with Gasteiger partial charge in [-0.1, -0.05) is 19.1 Å². The first-order chi connectivity index (χ1) is 9.97. The maximum atomic E-state index is 11.6. The van der Waals surface area contributed by atoms with Crippen LogP contribution in [0.3, 0.4) is 0 Å². The molecule has 21 heavy (non-hydrogen) atoms. The summed E-state index contributed by atoms with van der Waals surface area (Å²) in [6, 6.07) is 6.55. The summed E-state index contributed by atoms with van der Waals surface area (Å²) in [5, 5.41) is 20.5. The van der Waals surface area contributed by atoms with Crippen LogP contribution in [0.2, 0.25) is 0 Å². The minimum absolute atomic E-state index is 0.163. The second kappa shape index (κ2) is 8.79. The van der Waals surface area contributed by atoms with E-state index in [1.54, 1.807) is 30.3 Å². The molecule has 0 aliphatic rings. The molecule has 1 atom stereocenters. The van der Waals surface area contributed by atoms with Crippen molar-refractivity contribution < 1.29 is 19.8 Å². The van der Waals surface area contributed by atoms with Gasteiger partial charge in [0, 0.05) is 19.0 Å². The fraction of sp³-hybridized carbons (Fsp3) is 0.375. The van der Waals surface area contributed by atoms with Gasteiger partial charge in [0.25, 0.3) is 0 Å². The molecule has 1 unspecified atom stereocenters. The molecule has 0 radical (unpaired) electrons. The van der Waals surface area contributed by atoms with Crippen molar-refractivity contribution in [1.82, 2.24) is 5.32 Å². The third-order valence-electron chi connectivity index (χ3n) is 3.11. The Bertz CT molecular complexity index is 494. The number of aromatic hydroxyl groups is 1. The van der Waals surface area contributed by atoms with Crippen molar-refractivity contribution in [3.05, 3.63) is 35.9 Å². The van der Waals surface area contributed by atoms with Crippen LogP contribution in [-0.2, 0) is 9.59 Å². The van der Waals surface area contributed by atoms with Crippen molar-refractivity contribution in [3.8, 4) is 5.75 Å². The number of phenols is 1. The molecule has 0 heterocycles. The van der Waals surface area contributed by atoms with Gasteiger partial charge in [0.15, 0.2) is 0 Å². The molecule has 1 aromatic carbocycles. The van der Waals surface area contributed by atoms with Gasteiger partial charge in [-0.25, -0.2) is 0 Å². The van der Waals surface area contributed by atoms with Gasteiger partial charge >= 0.3 is 5.97 Å². The van der Waals surface area contributed by atoms with E-state index in [0.717, 1.165) is 12.0 Å². The monoisotopic (exact) mass is 291 g/mol. The Morgan fingerprint density at radius 2 is 1.90 bits per heavy atom. The molecule has 0 aliphatic heterocycles.